The number of carbonyl (C=O) groups excluding carboxylic acids is 2. The molecule has 0 heterocycles. The molecule has 0 unspecified atom stereocenters. The third-order valence-corrected chi connectivity index (χ3v) is 3.60. The van der Waals surface area contributed by atoms with E-state index in [2.05, 4.69) is 21.8 Å². The second kappa shape index (κ2) is 10.6. The van der Waals surface area contributed by atoms with E-state index in [9.17, 15) is 9.59 Å². The largest absolute Gasteiger partial charge is 0.493 e. The number of nitrogens with one attached hydrogen (secondary N) is 2. The number of rotatable bonds is 8. The van der Waals surface area contributed by atoms with Gasteiger partial charge in [-0.1, -0.05) is 17.5 Å². The summed E-state index contributed by atoms with van der Waals surface area (Å²) < 4.78 is 10.6. The molecule has 0 aliphatic heterocycles. The van der Waals surface area contributed by atoms with Crippen molar-refractivity contribution in [2.75, 3.05) is 19.0 Å². The fourth-order valence-corrected chi connectivity index (χ4v) is 2.23. The maximum atomic E-state index is 11.8. The maximum absolute atomic E-state index is 11.8. The Labute approximate surface area is 167 Å². The molecule has 2 N–H and O–H groups in total. The molecular weight excluding hydrogens is 382 g/mol. The van der Waals surface area contributed by atoms with Gasteiger partial charge in [0.25, 0.3) is 0 Å². The van der Waals surface area contributed by atoms with Gasteiger partial charge in [0.1, 0.15) is 13.0 Å². The minimum absolute atomic E-state index is 0.123. The van der Waals surface area contributed by atoms with Crippen molar-refractivity contribution in [2.45, 2.75) is 6.42 Å². The molecule has 7 nitrogen and oxygen atoms in total. The van der Waals surface area contributed by atoms with Crippen molar-refractivity contribution < 1.29 is 19.1 Å². The molecule has 8 heteroatoms. The van der Waals surface area contributed by atoms with Crippen molar-refractivity contribution in [3.63, 3.8) is 0 Å². The highest BCUT2D eigenvalue weighted by Crippen LogP contribution is 2.27. The van der Waals surface area contributed by atoms with E-state index < -0.39 is 11.8 Å². The Kier molecular flexibility index (Phi) is 7.88. The van der Waals surface area contributed by atoms with Crippen molar-refractivity contribution in [1.82, 2.24) is 5.43 Å². The van der Waals surface area contributed by atoms with Crippen LogP contribution in [0.5, 0.6) is 11.5 Å². The molecule has 2 amide bonds. The number of nitrogens with zero attached hydrogens (tertiary/aromatic N) is 1. The monoisotopic (exact) mass is 399 g/mol. The third kappa shape index (κ3) is 6.67. The van der Waals surface area contributed by atoms with Gasteiger partial charge >= 0.3 is 0 Å². The quantitative estimate of drug-likeness (QED) is 0.309. The third-order valence-electron chi connectivity index (χ3n) is 3.35. The maximum Gasteiger partial charge on any atom is 0.249 e. The molecule has 28 heavy (non-hydrogen) atoms. The Hall–Kier alpha value is -3.50. The van der Waals surface area contributed by atoms with Crippen molar-refractivity contribution in [3.05, 3.63) is 53.1 Å². The summed E-state index contributed by atoms with van der Waals surface area (Å²) in [7, 11) is 1.50. The number of amides is 2. The molecule has 0 bridgehead atoms. The van der Waals surface area contributed by atoms with Crippen molar-refractivity contribution >= 4 is 35.3 Å². The van der Waals surface area contributed by atoms with E-state index in [0.29, 0.717) is 27.8 Å². The second-order valence-corrected chi connectivity index (χ2v) is 5.86. The zero-order valence-corrected chi connectivity index (χ0v) is 15.8. The van der Waals surface area contributed by atoms with Gasteiger partial charge in [-0.3, -0.25) is 9.59 Å². The molecule has 2 aromatic carbocycles. The first-order chi connectivity index (χ1) is 13.5. The van der Waals surface area contributed by atoms with Crippen LogP contribution in [0.15, 0.2) is 47.6 Å². The SMILES string of the molecule is C#CCOc1ccc(C=NNC(=O)CC(=O)Nc2ccc(Cl)cc2)cc1OC. The molecular formula is C20H18ClN3O4. The number of carbonyl (C=O) groups is 2. The molecule has 0 aliphatic carbocycles. The number of hydrogen-bond donors (Lipinski definition) is 2. The van der Waals surface area contributed by atoms with Crippen LogP contribution in [0.4, 0.5) is 5.69 Å². The Morgan fingerprint density at radius 1 is 1.18 bits per heavy atom. The number of ether oxygens (including phenoxy) is 2. The first-order valence-electron chi connectivity index (χ1n) is 8.13. The lowest BCUT2D eigenvalue weighted by atomic mass is 10.2. The highest BCUT2D eigenvalue weighted by atomic mass is 35.5. The molecule has 0 fully saturated rings. The summed E-state index contributed by atoms with van der Waals surface area (Å²) in [5.41, 5.74) is 3.50. The summed E-state index contributed by atoms with van der Waals surface area (Å²) in [5.74, 6) is 2.33. The standard InChI is InChI=1S/C20H18ClN3O4/c1-3-10-28-17-9-4-14(11-18(17)27-2)13-22-24-20(26)12-19(25)23-16-7-5-15(21)6-8-16/h1,4-9,11,13H,10,12H2,2H3,(H,23,25)(H,24,26). The Morgan fingerprint density at radius 3 is 2.61 bits per heavy atom. The summed E-state index contributed by atoms with van der Waals surface area (Å²) in [5, 5.41) is 6.97. The molecule has 0 saturated carbocycles. The van der Waals surface area contributed by atoms with Crippen LogP contribution in [0, 0.1) is 12.3 Å². The van der Waals surface area contributed by atoms with Gasteiger partial charge in [-0.15, -0.1) is 6.42 Å². The van der Waals surface area contributed by atoms with Gasteiger partial charge in [0.2, 0.25) is 11.8 Å². The van der Waals surface area contributed by atoms with Crippen LogP contribution in [0.2, 0.25) is 5.02 Å². The lowest BCUT2D eigenvalue weighted by molar-refractivity contribution is -0.126. The van der Waals surface area contributed by atoms with E-state index in [1.807, 2.05) is 0 Å². The van der Waals surface area contributed by atoms with Crippen molar-refractivity contribution in [1.29, 1.82) is 0 Å². The van der Waals surface area contributed by atoms with Gasteiger partial charge in [0.05, 0.1) is 13.3 Å². The summed E-state index contributed by atoms with van der Waals surface area (Å²) in [6, 6.07) is 11.6. The summed E-state index contributed by atoms with van der Waals surface area (Å²) in [4.78, 5) is 23.7. The molecule has 0 aromatic heterocycles. The summed E-state index contributed by atoms with van der Waals surface area (Å²) in [6.45, 7) is 0.123. The van der Waals surface area contributed by atoms with Gasteiger partial charge < -0.3 is 14.8 Å². The van der Waals surface area contributed by atoms with Crippen LogP contribution < -0.4 is 20.2 Å². The van der Waals surface area contributed by atoms with E-state index in [-0.39, 0.29) is 13.0 Å². The average molecular weight is 400 g/mol. The molecule has 0 aliphatic rings. The number of hydrazone groups is 1. The fraction of sp³-hybridized carbons (Fsp3) is 0.150. The molecule has 0 spiro atoms. The lowest BCUT2D eigenvalue weighted by Crippen LogP contribution is -2.24. The first kappa shape index (κ1) is 20.8. The average Bonchev–Trinajstić information content (AvgIpc) is 2.68. The van der Waals surface area contributed by atoms with Crippen LogP contribution in [0.3, 0.4) is 0 Å². The predicted molar refractivity (Wildman–Crippen MR) is 108 cm³/mol. The van der Waals surface area contributed by atoms with Crippen LogP contribution >= 0.6 is 11.6 Å². The highest BCUT2D eigenvalue weighted by molar-refractivity contribution is 6.30. The topological polar surface area (TPSA) is 89.0 Å². The van der Waals surface area contributed by atoms with E-state index in [4.69, 9.17) is 27.5 Å². The molecule has 2 rings (SSSR count). The second-order valence-electron chi connectivity index (χ2n) is 5.43. The smallest absolute Gasteiger partial charge is 0.249 e. The first-order valence-corrected chi connectivity index (χ1v) is 8.51. The zero-order valence-electron chi connectivity index (χ0n) is 15.1. The van der Waals surface area contributed by atoms with Crippen molar-refractivity contribution in [2.24, 2.45) is 5.10 Å². The number of halogens is 1. The number of benzene rings is 2. The van der Waals surface area contributed by atoms with Gasteiger partial charge in [-0.2, -0.15) is 5.10 Å². The van der Waals surface area contributed by atoms with Crippen LogP contribution in [-0.2, 0) is 9.59 Å². The van der Waals surface area contributed by atoms with Gasteiger partial charge in [0, 0.05) is 10.7 Å². The van der Waals surface area contributed by atoms with Gasteiger partial charge in [-0.25, -0.2) is 5.43 Å². The highest BCUT2D eigenvalue weighted by Gasteiger charge is 2.09. The number of anilines is 1. The minimum Gasteiger partial charge on any atom is -0.493 e. The predicted octanol–water partition coefficient (Wildman–Crippen LogP) is 2.84. The lowest BCUT2D eigenvalue weighted by Gasteiger charge is -2.09. The number of terminal acetylenes is 1. The molecule has 0 saturated heterocycles. The van der Waals surface area contributed by atoms with Crippen molar-refractivity contribution in [3.8, 4) is 23.8 Å². The number of hydrogen-bond acceptors (Lipinski definition) is 5. The van der Waals surface area contributed by atoms with Crippen LogP contribution in [-0.4, -0.2) is 31.7 Å². The number of methoxy groups -OCH3 is 1. The van der Waals surface area contributed by atoms with Crippen LogP contribution in [0.25, 0.3) is 0 Å². The summed E-state index contributed by atoms with van der Waals surface area (Å²) >= 11 is 5.77. The molecule has 2 aromatic rings. The summed E-state index contributed by atoms with van der Waals surface area (Å²) in [6.07, 6.45) is 6.21. The van der Waals surface area contributed by atoms with E-state index in [1.165, 1.54) is 13.3 Å². The van der Waals surface area contributed by atoms with Gasteiger partial charge in [0.15, 0.2) is 11.5 Å². The zero-order chi connectivity index (χ0) is 20.4. The fourth-order valence-electron chi connectivity index (χ4n) is 2.11. The molecule has 0 radical (unpaired) electrons. The molecule has 144 valence electrons. The van der Waals surface area contributed by atoms with Gasteiger partial charge in [-0.05, 0) is 48.0 Å². The molecule has 0 atom stereocenters. The normalized spacial score (nSPS) is 10.2. The van der Waals surface area contributed by atoms with E-state index in [0.717, 1.165) is 0 Å². The van der Waals surface area contributed by atoms with Crippen LogP contribution in [0.1, 0.15) is 12.0 Å². The van der Waals surface area contributed by atoms with E-state index >= 15 is 0 Å². The Balaban J connectivity index is 1.86. The minimum atomic E-state index is -0.552. The Morgan fingerprint density at radius 2 is 1.93 bits per heavy atom. The Bertz CT molecular complexity index is 905. The van der Waals surface area contributed by atoms with E-state index in [1.54, 1.807) is 42.5 Å².